The van der Waals surface area contributed by atoms with Gasteiger partial charge in [0.15, 0.2) is 18.1 Å². The molecular weight excluding hydrogens is 364 g/mol. The van der Waals surface area contributed by atoms with Crippen molar-refractivity contribution in [3.8, 4) is 17.6 Å². The van der Waals surface area contributed by atoms with E-state index in [0.717, 1.165) is 21.9 Å². The lowest BCUT2D eigenvalue weighted by Crippen LogP contribution is -2.24. The molecule has 5 heteroatoms. The van der Waals surface area contributed by atoms with Crippen molar-refractivity contribution in [2.75, 3.05) is 13.7 Å². The van der Waals surface area contributed by atoms with Gasteiger partial charge in [0.2, 0.25) is 5.91 Å². The first-order chi connectivity index (χ1) is 14.1. The molecule has 146 valence electrons. The molecule has 3 rings (SSSR count). The molecule has 1 N–H and O–H groups in total. The zero-order chi connectivity index (χ0) is 20.6. The number of nitriles is 1. The van der Waals surface area contributed by atoms with Gasteiger partial charge >= 0.3 is 0 Å². The van der Waals surface area contributed by atoms with Crippen molar-refractivity contribution in [3.63, 3.8) is 0 Å². The van der Waals surface area contributed by atoms with Crippen LogP contribution in [0.3, 0.4) is 0 Å². The van der Waals surface area contributed by atoms with Crippen LogP contribution in [0.4, 0.5) is 0 Å². The molecule has 0 fully saturated rings. The van der Waals surface area contributed by atoms with E-state index in [9.17, 15) is 4.79 Å². The molecule has 0 heterocycles. The third-order valence-electron chi connectivity index (χ3n) is 4.56. The minimum absolute atomic E-state index is 0.0555. The molecule has 0 aliphatic heterocycles. The van der Waals surface area contributed by atoms with Gasteiger partial charge in [-0.15, -0.1) is 0 Å². The molecule has 3 aromatic rings. The monoisotopic (exact) mass is 386 g/mol. The number of benzene rings is 3. The molecule has 1 amide bonds. The fourth-order valence-corrected chi connectivity index (χ4v) is 3.16. The van der Waals surface area contributed by atoms with Gasteiger partial charge in [-0.2, -0.15) is 5.26 Å². The number of fused-ring (bicyclic) bond motifs is 1. The second-order valence-corrected chi connectivity index (χ2v) is 6.49. The Morgan fingerprint density at radius 2 is 1.93 bits per heavy atom. The minimum Gasteiger partial charge on any atom is -0.493 e. The highest BCUT2D eigenvalue weighted by molar-refractivity contribution is 5.93. The molecule has 0 saturated carbocycles. The lowest BCUT2D eigenvalue weighted by Gasteiger charge is -2.15. The van der Waals surface area contributed by atoms with E-state index in [1.54, 1.807) is 24.3 Å². The van der Waals surface area contributed by atoms with E-state index in [-0.39, 0.29) is 18.6 Å². The van der Waals surface area contributed by atoms with Crippen molar-refractivity contribution in [3.05, 3.63) is 77.9 Å². The molecule has 3 aromatic carbocycles. The van der Waals surface area contributed by atoms with Gasteiger partial charge in [-0.25, -0.2) is 0 Å². The molecule has 29 heavy (non-hydrogen) atoms. The van der Waals surface area contributed by atoms with Gasteiger partial charge in [0.05, 0.1) is 13.2 Å². The number of carbonyl (C=O) groups excluding carboxylic acids is 1. The van der Waals surface area contributed by atoms with Gasteiger partial charge in [-0.1, -0.05) is 48.5 Å². The number of nitrogens with one attached hydrogen (secondary N) is 1. The van der Waals surface area contributed by atoms with Crippen LogP contribution in [-0.4, -0.2) is 19.6 Å². The predicted molar refractivity (Wildman–Crippen MR) is 114 cm³/mol. The van der Waals surface area contributed by atoms with Crippen LogP contribution in [-0.2, 0) is 4.79 Å². The average Bonchev–Trinajstić information content (AvgIpc) is 2.76. The first-order valence-corrected chi connectivity index (χ1v) is 9.26. The summed E-state index contributed by atoms with van der Waals surface area (Å²) >= 11 is 0. The second-order valence-electron chi connectivity index (χ2n) is 6.49. The number of amides is 1. The highest BCUT2D eigenvalue weighted by Gasteiger charge is 2.11. The maximum atomic E-state index is 12.4. The van der Waals surface area contributed by atoms with Crippen molar-refractivity contribution >= 4 is 22.8 Å². The van der Waals surface area contributed by atoms with E-state index in [4.69, 9.17) is 14.7 Å². The molecule has 0 radical (unpaired) electrons. The van der Waals surface area contributed by atoms with Crippen LogP contribution < -0.4 is 14.8 Å². The van der Waals surface area contributed by atoms with Crippen LogP contribution in [0.25, 0.3) is 16.8 Å². The smallest absolute Gasteiger partial charge is 0.244 e. The largest absolute Gasteiger partial charge is 0.493 e. The van der Waals surface area contributed by atoms with Crippen LogP contribution in [0.5, 0.6) is 11.5 Å². The van der Waals surface area contributed by atoms with Crippen molar-refractivity contribution in [2.45, 2.75) is 13.0 Å². The summed E-state index contributed by atoms with van der Waals surface area (Å²) in [6.07, 6.45) is 3.20. The summed E-state index contributed by atoms with van der Waals surface area (Å²) in [6.45, 7) is 1.91. The minimum atomic E-state index is -0.186. The SMILES string of the molecule is COc1cc(/C=C/C(=O)NC(C)c2cccc3ccccc23)ccc1OCC#N. The summed E-state index contributed by atoms with van der Waals surface area (Å²) in [6, 6.07) is 21.3. The molecule has 0 aliphatic carbocycles. The number of nitrogens with zero attached hydrogens (tertiary/aromatic N) is 1. The molecule has 1 unspecified atom stereocenters. The number of ether oxygens (including phenoxy) is 2. The number of hydrogen-bond donors (Lipinski definition) is 1. The first kappa shape index (κ1) is 20.0. The molecule has 5 nitrogen and oxygen atoms in total. The zero-order valence-electron chi connectivity index (χ0n) is 16.4. The third kappa shape index (κ3) is 4.94. The normalized spacial score (nSPS) is 11.8. The van der Waals surface area contributed by atoms with E-state index < -0.39 is 0 Å². The Bertz CT molecular complexity index is 1080. The van der Waals surface area contributed by atoms with Gasteiger partial charge < -0.3 is 14.8 Å². The summed E-state index contributed by atoms with van der Waals surface area (Å²) in [5.41, 5.74) is 1.87. The Balaban J connectivity index is 1.70. The van der Waals surface area contributed by atoms with E-state index in [1.807, 2.05) is 37.3 Å². The molecule has 1 atom stereocenters. The zero-order valence-corrected chi connectivity index (χ0v) is 16.4. The Morgan fingerprint density at radius 3 is 2.72 bits per heavy atom. The standard InChI is InChI=1S/C24H22N2O3/c1-17(20-9-5-7-19-6-3-4-8-21(19)20)26-24(27)13-11-18-10-12-22(29-15-14-25)23(16-18)28-2/h3-13,16-17H,15H2,1-2H3,(H,26,27)/b13-11+. The maximum Gasteiger partial charge on any atom is 0.244 e. The van der Waals surface area contributed by atoms with E-state index in [2.05, 4.69) is 23.5 Å². The van der Waals surface area contributed by atoms with E-state index in [1.165, 1.54) is 13.2 Å². The molecule has 0 aromatic heterocycles. The molecule has 0 bridgehead atoms. The quantitative estimate of drug-likeness (QED) is 0.601. The van der Waals surface area contributed by atoms with Gasteiger partial charge in [0, 0.05) is 6.08 Å². The van der Waals surface area contributed by atoms with Crippen LogP contribution >= 0.6 is 0 Å². The van der Waals surface area contributed by atoms with Gasteiger partial charge in [-0.3, -0.25) is 4.79 Å². The Hall–Kier alpha value is -3.78. The maximum absolute atomic E-state index is 12.4. The molecule has 0 aliphatic rings. The average molecular weight is 386 g/mol. The summed E-state index contributed by atoms with van der Waals surface area (Å²) in [5.74, 6) is 0.807. The highest BCUT2D eigenvalue weighted by Crippen LogP contribution is 2.28. The lowest BCUT2D eigenvalue weighted by molar-refractivity contribution is -0.117. The van der Waals surface area contributed by atoms with E-state index in [0.29, 0.717) is 11.5 Å². The van der Waals surface area contributed by atoms with Gasteiger partial charge in [0.1, 0.15) is 6.07 Å². The summed E-state index contributed by atoms with van der Waals surface area (Å²) in [5, 5.41) is 13.9. The molecule has 0 spiro atoms. The molecule has 0 saturated heterocycles. The van der Waals surface area contributed by atoms with Crippen molar-refractivity contribution < 1.29 is 14.3 Å². The first-order valence-electron chi connectivity index (χ1n) is 9.26. The number of methoxy groups -OCH3 is 1. The van der Waals surface area contributed by atoms with E-state index >= 15 is 0 Å². The Morgan fingerprint density at radius 1 is 1.14 bits per heavy atom. The summed E-state index contributed by atoms with van der Waals surface area (Å²) < 4.78 is 10.6. The van der Waals surface area contributed by atoms with Crippen molar-refractivity contribution in [2.24, 2.45) is 0 Å². The number of rotatable bonds is 7. The highest BCUT2D eigenvalue weighted by atomic mass is 16.5. The van der Waals surface area contributed by atoms with Crippen LogP contribution in [0.15, 0.2) is 66.7 Å². The fourth-order valence-electron chi connectivity index (χ4n) is 3.16. The van der Waals surface area contributed by atoms with Crippen LogP contribution in [0.2, 0.25) is 0 Å². The van der Waals surface area contributed by atoms with Crippen LogP contribution in [0.1, 0.15) is 24.1 Å². The van der Waals surface area contributed by atoms with Crippen molar-refractivity contribution in [1.29, 1.82) is 5.26 Å². The topological polar surface area (TPSA) is 71.3 Å². The van der Waals surface area contributed by atoms with Crippen molar-refractivity contribution in [1.82, 2.24) is 5.32 Å². The summed E-state index contributed by atoms with van der Waals surface area (Å²) in [7, 11) is 1.53. The Kier molecular flexibility index (Phi) is 6.49. The van der Waals surface area contributed by atoms with Gasteiger partial charge in [-0.05, 0) is 47.0 Å². The summed E-state index contributed by atoms with van der Waals surface area (Å²) in [4.78, 5) is 12.4. The predicted octanol–water partition coefficient (Wildman–Crippen LogP) is 4.64. The van der Waals surface area contributed by atoms with Gasteiger partial charge in [0.25, 0.3) is 0 Å². The van der Waals surface area contributed by atoms with Crippen LogP contribution in [0, 0.1) is 11.3 Å². The number of hydrogen-bond acceptors (Lipinski definition) is 4. The number of carbonyl (C=O) groups is 1. The Labute approximate surface area is 170 Å². The second kappa shape index (κ2) is 9.43. The fraction of sp³-hybridized carbons (Fsp3) is 0.167. The third-order valence-corrected chi connectivity index (χ3v) is 4.56. The molecular formula is C24H22N2O3. The lowest BCUT2D eigenvalue weighted by atomic mass is 10.00.